The van der Waals surface area contributed by atoms with Gasteiger partial charge in [0.15, 0.2) is 5.60 Å². The maximum atomic E-state index is 12.0. The largest absolute Gasteiger partial charge is 0.483 e. The lowest BCUT2D eigenvalue weighted by Gasteiger charge is -2.24. The van der Waals surface area contributed by atoms with Crippen LogP contribution in [0.4, 0.5) is 0 Å². The Morgan fingerprint density at radius 3 is 2.59 bits per heavy atom. The molecule has 1 heterocycles. The fraction of sp³-hybridized carbons (Fsp3) is 0.400. The quantitative estimate of drug-likeness (QED) is 0.793. The highest BCUT2D eigenvalue weighted by atomic mass is 16.5. The van der Waals surface area contributed by atoms with Crippen molar-refractivity contribution in [1.82, 2.24) is 0 Å². The van der Waals surface area contributed by atoms with Gasteiger partial charge in [-0.15, -0.1) is 0 Å². The molecule has 2 rings (SSSR count). The normalized spacial score (nSPS) is 23.4. The second-order valence-electron chi connectivity index (χ2n) is 4.72. The van der Waals surface area contributed by atoms with Crippen molar-refractivity contribution < 1.29 is 9.53 Å². The van der Waals surface area contributed by atoms with Gasteiger partial charge in [0.05, 0.1) is 0 Å². The van der Waals surface area contributed by atoms with Crippen molar-refractivity contribution in [3.8, 4) is 0 Å². The Bertz CT molecular complexity index is 433. The van der Waals surface area contributed by atoms with E-state index in [4.69, 9.17) is 4.74 Å². The Morgan fingerprint density at radius 2 is 1.94 bits per heavy atom. The third-order valence-corrected chi connectivity index (χ3v) is 3.05. The first-order valence-corrected chi connectivity index (χ1v) is 6.12. The summed E-state index contributed by atoms with van der Waals surface area (Å²) < 4.78 is 5.82. The molecule has 90 valence electrons. The molecule has 1 aliphatic rings. The number of carbonyl (C=O) groups is 1. The lowest BCUT2D eigenvalue weighted by atomic mass is 9.93. The van der Waals surface area contributed by atoms with Crippen LogP contribution in [0.3, 0.4) is 0 Å². The molecule has 0 unspecified atom stereocenters. The van der Waals surface area contributed by atoms with Crippen molar-refractivity contribution in [3.63, 3.8) is 0 Å². The Balaban J connectivity index is 2.10. The SMILES string of the molecule is CCCC1=CC(=O)[C@](C)(Cc2ccccc2)O1. The lowest BCUT2D eigenvalue weighted by Crippen LogP contribution is -2.35. The summed E-state index contributed by atoms with van der Waals surface area (Å²) in [5.41, 5.74) is 0.431. The Hall–Kier alpha value is -1.57. The summed E-state index contributed by atoms with van der Waals surface area (Å²) >= 11 is 0. The van der Waals surface area contributed by atoms with Crippen molar-refractivity contribution in [3.05, 3.63) is 47.7 Å². The van der Waals surface area contributed by atoms with E-state index in [0.717, 1.165) is 24.2 Å². The molecule has 0 radical (unpaired) electrons. The van der Waals surface area contributed by atoms with Crippen LogP contribution in [0.5, 0.6) is 0 Å². The summed E-state index contributed by atoms with van der Waals surface area (Å²) in [6.45, 7) is 3.96. The predicted octanol–water partition coefficient (Wildman–Crippen LogP) is 3.27. The smallest absolute Gasteiger partial charge is 0.202 e. The molecule has 0 aliphatic carbocycles. The van der Waals surface area contributed by atoms with Gasteiger partial charge in [0.1, 0.15) is 5.76 Å². The lowest BCUT2D eigenvalue weighted by molar-refractivity contribution is -0.128. The summed E-state index contributed by atoms with van der Waals surface area (Å²) in [6.07, 6.45) is 4.14. The summed E-state index contributed by atoms with van der Waals surface area (Å²) in [5, 5.41) is 0. The van der Waals surface area contributed by atoms with E-state index >= 15 is 0 Å². The van der Waals surface area contributed by atoms with E-state index < -0.39 is 5.60 Å². The van der Waals surface area contributed by atoms with Crippen LogP contribution < -0.4 is 0 Å². The number of allylic oxidation sites excluding steroid dienone is 1. The summed E-state index contributed by atoms with van der Waals surface area (Å²) in [7, 11) is 0. The second kappa shape index (κ2) is 4.74. The standard InChI is InChI=1S/C15H18O2/c1-3-7-13-10-14(16)15(2,17-13)11-12-8-5-4-6-9-12/h4-6,8-10H,3,7,11H2,1-2H3/t15-/m0/s1. The van der Waals surface area contributed by atoms with Crippen LogP contribution in [-0.4, -0.2) is 11.4 Å². The van der Waals surface area contributed by atoms with Crippen LogP contribution in [0, 0.1) is 0 Å². The van der Waals surface area contributed by atoms with Gasteiger partial charge in [-0.05, 0) is 18.9 Å². The van der Waals surface area contributed by atoms with Gasteiger partial charge < -0.3 is 4.74 Å². The van der Waals surface area contributed by atoms with Gasteiger partial charge >= 0.3 is 0 Å². The molecule has 1 aromatic rings. The number of hydrogen-bond donors (Lipinski definition) is 0. The number of carbonyl (C=O) groups excluding carboxylic acids is 1. The minimum Gasteiger partial charge on any atom is -0.483 e. The number of benzene rings is 1. The Kier molecular flexibility index (Phi) is 3.32. The molecular formula is C15H18O2. The molecule has 0 spiro atoms. The van der Waals surface area contributed by atoms with Gasteiger partial charge in [-0.25, -0.2) is 0 Å². The molecule has 1 aromatic carbocycles. The maximum absolute atomic E-state index is 12.0. The number of ether oxygens (including phenoxy) is 1. The minimum atomic E-state index is -0.703. The Morgan fingerprint density at radius 1 is 1.24 bits per heavy atom. The third-order valence-electron chi connectivity index (χ3n) is 3.05. The fourth-order valence-electron chi connectivity index (χ4n) is 2.15. The average molecular weight is 230 g/mol. The van der Waals surface area contributed by atoms with Gasteiger partial charge in [0.25, 0.3) is 0 Å². The second-order valence-corrected chi connectivity index (χ2v) is 4.72. The third kappa shape index (κ3) is 2.57. The van der Waals surface area contributed by atoms with Crippen molar-refractivity contribution in [2.24, 2.45) is 0 Å². The van der Waals surface area contributed by atoms with Crippen molar-refractivity contribution in [2.75, 3.05) is 0 Å². The molecule has 17 heavy (non-hydrogen) atoms. The average Bonchev–Trinajstić information content (AvgIpc) is 2.56. The van der Waals surface area contributed by atoms with Crippen molar-refractivity contribution >= 4 is 5.78 Å². The van der Waals surface area contributed by atoms with Crippen molar-refractivity contribution in [2.45, 2.75) is 38.7 Å². The van der Waals surface area contributed by atoms with Crippen molar-refractivity contribution in [1.29, 1.82) is 0 Å². The number of hydrogen-bond acceptors (Lipinski definition) is 2. The molecule has 0 amide bonds. The molecule has 2 heteroatoms. The molecule has 0 fully saturated rings. The fourth-order valence-corrected chi connectivity index (χ4v) is 2.15. The summed E-state index contributed by atoms with van der Waals surface area (Å²) in [5.74, 6) is 0.917. The summed E-state index contributed by atoms with van der Waals surface area (Å²) in [6, 6.07) is 10.0. The van der Waals surface area contributed by atoms with E-state index in [-0.39, 0.29) is 5.78 Å². The zero-order chi connectivity index (χ0) is 12.3. The maximum Gasteiger partial charge on any atom is 0.202 e. The molecule has 0 saturated heterocycles. The predicted molar refractivity (Wildman–Crippen MR) is 67.6 cm³/mol. The zero-order valence-corrected chi connectivity index (χ0v) is 10.4. The van der Waals surface area contributed by atoms with Crippen LogP contribution in [0.25, 0.3) is 0 Å². The van der Waals surface area contributed by atoms with E-state index in [1.165, 1.54) is 0 Å². The van der Waals surface area contributed by atoms with Crippen LogP contribution in [0.1, 0.15) is 32.3 Å². The molecule has 1 aliphatic heterocycles. The minimum absolute atomic E-state index is 0.0878. The van der Waals surface area contributed by atoms with Gasteiger partial charge in [0.2, 0.25) is 5.78 Å². The molecule has 0 bridgehead atoms. The van der Waals surface area contributed by atoms with E-state index in [1.54, 1.807) is 6.08 Å². The monoisotopic (exact) mass is 230 g/mol. The van der Waals surface area contributed by atoms with Crippen LogP contribution in [0.15, 0.2) is 42.2 Å². The van der Waals surface area contributed by atoms with Gasteiger partial charge in [0, 0.05) is 18.9 Å². The van der Waals surface area contributed by atoms with E-state index in [1.807, 2.05) is 37.3 Å². The first-order chi connectivity index (χ1) is 8.14. The zero-order valence-electron chi connectivity index (χ0n) is 10.4. The van der Waals surface area contributed by atoms with Crippen LogP contribution in [0.2, 0.25) is 0 Å². The van der Waals surface area contributed by atoms with Gasteiger partial charge in [-0.1, -0.05) is 37.3 Å². The topological polar surface area (TPSA) is 26.3 Å². The van der Waals surface area contributed by atoms with Crippen LogP contribution >= 0.6 is 0 Å². The molecule has 1 atom stereocenters. The first kappa shape index (κ1) is 11.9. The highest BCUT2D eigenvalue weighted by Gasteiger charge is 2.39. The first-order valence-electron chi connectivity index (χ1n) is 6.12. The van der Waals surface area contributed by atoms with E-state index in [9.17, 15) is 4.79 Å². The van der Waals surface area contributed by atoms with Gasteiger partial charge in [-0.3, -0.25) is 4.79 Å². The number of ketones is 1. The van der Waals surface area contributed by atoms with Crippen LogP contribution in [-0.2, 0) is 16.0 Å². The molecule has 0 saturated carbocycles. The molecule has 0 N–H and O–H groups in total. The molecular weight excluding hydrogens is 212 g/mol. The summed E-state index contributed by atoms with van der Waals surface area (Å²) in [4.78, 5) is 12.0. The molecule has 0 aromatic heterocycles. The molecule has 2 nitrogen and oxygen atoms in total. The van der Waals surface area contributed by atoms with E-state index in [0.29, 0.717) is 6.42 Å². The highest BCUT2D eigenvalue weighted by molar-refractivity contribution is 5.99. The number of rotatable bonds is 4. The van der Waals surface area contributed by atoms with Gasteiger partial charge in [-0.2, -0.15) is 0 Å². The Labute approximate surface area is 102 Å². The van der Waals surface area contributed by atoms with E-state index in [2.05, 4.69) is 6.92 Å². The highest BCUT2D eigenvalue weighted by Crippen LogP contribution is 2.30.